The highest BCUT2D eigenvalue weighted by Crippen LogP contribution is 2.51. The van der Waals surface area contributed by atoms with E-state index < -0.39 is 23.3 Å². The summed E-state index contributed by atoms with van der Waals surface area (Å²) in [7, 11) is 0. The van der Waals surface area contributed by atoms with Gasteiger partial charge in [0.15, 0.2) is 0 Å². The number of nitrogens with zero attached hydrogens (tertiary/aromatic N) is 5. The van der Waals surface area contributed by atoms with Crippen LogP contribution in [0.5, 0.6) is 11.8 Å². The van der Waals surface area contributed by atoms with Crippen LogP contribution >= 0.6 is 11.3 Å². The Morgan fingerprint density at radius 2 is 1.74 bits per heavy atom. The lowest BCUT2D eigenvalue weighted by molar-refractivity contribution is -0.124. The second kappa shape index (κ2) is 10.6. The maximum atomic E-state index is 13.5. The number of rotatable bonds is 6. The van der Waals surface area contributed by atoms with Gasteiger partial charge in [-0.25, -0.2) is 9.97 Å². The fourth-order valence-electron chi connectivity index (χ4n) is 5.67. The van der Waals surface area contributed by atoms with E-state index in [1.165, 1.54) is 16.2 Å². The first kappa shape index (κ1) is 27.5. The average Bonchev–Trinajstić information content (AvgIpc) is 3.68. The minimum absolute atomic E-state index is 0.218. The van der Waals surface area contributed by atoms with Crippen molar-refractivity contribution in [3.05, 3.63) is 76.4 Å². The molecule has 4 aromatic rings. The van der Waals surface area contributed by atoms with Gasteiger partial charge in [0.05, 0.1) is 11.1 Å². The fraction of sp³-hybridized carbons (Fsp3) is 0.300. The number of carbonyl (C=O) groups excluding carboxylic acids is 3. The number of likely N-dealkylation sites (tertiary alicyclic amines) is 1. The van der Waals surface area contributed by atoms with Gasteiger partial charge >= 0.3 is 0 Å². The van der Waals surface area contributed by atoms with Crippen molar-refractivity contribution in [2.24, 2.45) is 11.1 Å². The maximum absolute atomic E-state index is 13.5. The van der Waals surface area contributed by atoms with Crippen molar-refractivity contribution in [1.82, 2.24) is 25.1 Å². The first-order valence-corrected chi connectivity index (χ1v) is 14.5. The largest absolute Gasteiger partial charge is 0.420 e. The van der Waals surface area contributed by atoms with Crippen molar-refractivity contribution in [2.75, 3.05) is 11.9 Å². The molecule has 42 heavy (non-hydrogen) atoms. The number of fused-ring (bicyclic) bond motifs is 2. The van der Waals surface area contributed by atoms with Gasteiger partial charge < -0.3 is 20.7 Å². The SMILES string of the molecule is Cc1ccc2c(n1)Oc1nc(-c3ccc(C(=O)N4CCC[C@@H]4C(N)=O)cc3)ccc1[C@H]2C(C)(C)C(=O)Nc1nncs1. The number of amides is 3. The van der Waals surface area contributed by atoms with E-state index in [1.807, 2.05) is 57.2 Å². The van der Waals surface area contributed by atoms with Crippen LogP contribution in [-0.4, -0.2) is 55.4 Å². The van der Waals surface area contributed by atoms with E-state index in [1.54, 1.807) is 17.6 Å². The normalized spacial score (nSPS) is 17.6. The summed E-state index contributed by atoms with van der Waals surface area (Å²) in [4.78, 5) is 49.4. The van der Waals surface area contributed by atoms with Crippen LogP contribution in [0.15, 0.2) is 54.0 Å². The molecule has 12 heteroatoms. The van der Waals surface area contributed by atoms with Gasteiger partial charge in [-0.15, -0.1) is 10.2 Å². The lowest BCUT2D eigenvalue weighted by atomic mass is 9.70. The van der Waals surface area contributed by atoms with Crippen LogP contribution < -0.4 is 15.8 Å². The summed E-state index contributed by atoms with van der Waals surface area (Å²) in [6.45, 7) is 6.13. The molecule has 11 nitrogen and oxygen atoms in total. The lowest BCUT2D eigenvalue weighted by Crippen LogP contribution is -2.43. The third kappa shape index (κ3) is 4.87. The smallest absolute Gasteiger partial charge is 0.254 e. The predicted molar refractivity (Wildman–Crippen MR) is 156 cm³/mol. The lowest BCUT2D eigenvalue weighted by Gasteiger charge is -2.37. The summed E-state index contributed by atoms with van der Waals surface area (Å²) >= 11 is 1.25. The first-order valence-electron chi connectivity index (χ1n) is 13.6. The van der Waals surface area contributed by atoms with Gasteiger partial charge in [-0.3, -0.25) is 14.4 Å². The van der Waals surface area contributed by atoms with E-state index in [4.69, 9.17) is 15.5 Å². The number of hydrogen-bond donors (Lipinski definition) is 2. The number of hydrogen-bond acceptors (Lipinski definition) is 9. The second-order valence-corrected chi connectivity index (χ2v) is 11.9. The van der Waals surface area contributed by atoms with Crippen molar-refractivity contribution in [3.63, 3.8) is 0 Å². The molecule has 0 radical (unpaired) electrons. The predicted octanol–water partition coefficient (Wildman–Crippen LogP) is 4.30. The Hall–Kier alpha value is -4.71. The highest BCUT2D eigenvalue weighted by atomic mass is 32.1. The van der Waals surface area contributed by atoms with Gasteiger partial charge in [0.1, 0.15) is 11.6 Å². The van der Waals surface area contributed by atoms with Crippen LogP contribution in [-0.2, 0) is 9.59 Å². The van der Waals surface area contributed by atoms with Crippen LogP contribution in [0.1, 0.15) is 59.8 Å². The second-order valence-electron chi connectivity index (χ2n) is 11.0. The molecule has 5 heterocycles. The topological polar surface area (TPSA) is 153 Å². The van der Waals surface area contributed by atoms with Crippen LogP contribution in [0, 0.1) is 12.3 Å². The van der Waals surface area contributed by atoms with Gasteiger partial charge in [0.25, 0.3) is 5.91 Å². The van der Waals surface area contributed by atoms with E-state index in [0.29, 0.717) is 41.1 Å². The zero-order chi connectivity index (χ0) is 29.6. The zero-order valence-electron chi connectivity index (χ0n) is 23.3. The zero-order valence-corrected chi connectivity index (χ0v) is 24.1. The molecule has 3 aromatic heterocycles. The number of carbonyl (C=O) groups is 3. The Morgan fingerprint density at radius 1 is 1.02 bits per heavy atom. The van der Waals surface area contributed by atoms with Gasteiger partial charge in [-0.1, -0.05) is 49.4 Å². The molecule has 0 unspecified atom stereocenters. The summed E-state index contributed by atoms with van der Waals surface area (Å²) in [5.41, 5.74) is 10.3. The van der Waals surface area contributed by atoms with Crippen LogP contribution in [0.4, 0.5) is 5.13 Å². The van der Waals surface area contributed by atoms with E-state index >= 15 is 0 Å². The summed E-state index contributed by atoms with van der Waals surface area (Å²) in [6, 6.07) is 14.1. The standard InChI is InChI=1S/C30H29N7O4S/c1-16-6-11-19-23(30(2,3)28(40)35-29-36-32-15-42-29)20-12-13-21(34-26(20)41-25(19)33-16)17-7-9-18(10-8-17)27(39)37-14-4-5-22(37)24(31)38/h6-13,15,22-23H,4-5,14H2,1-3H3,(H2,31,38)(H,35,36,40)/t22-,23+/m1/s1. The van der Waals surface area contributed by atoms with Crippen molar-refractivity contribution in [2.45, 2.75) is 45.6 Å². The summed E-state index contributed by atoms with van der Waals surface area (Å²) < 4.78 is 6.22. The minimum atomic E-state index is -0.931. The minimum Gasteiger partial charge on any atom is -0.420 e. The van der Waals surface area contributed by atoms with Crippen LogP contribution in [0.25, 0.3) is 11.3 Å². The molecule has 2 aliphatic heterocycles. The first-order chi connectivity index (χ1) is 20.1. The molecule has 3 amide bonds. The van der Waals surface area contributed by atoms with Gasteiger partial charge in [0.2, 0.25) is 28.7 Å². The van der Waals surface area contributed by atoms with Crippen molar-refractivity contribution in [3.8, 4) is 23.0 Å². The Balaban J connectivity index is 1.32. The number of nitrogens with one attached hydrogen (secondary N) is 1. The highest BCUT2D eigenvalue weighted by Gasteiger charge is 2.45. The van der Waals surface area contributed by atoms with Gasteiger partial charge in [-0.05, 0) is 44.0 Å². The van der Waals surface area contributed by atoms with Crippen molar-refractivity contribution < 1.29 is 19.1 Å². The summed E-state index contributed by atoms with van der Waals surface area (Å²) in [6.07, 6.45) is 1.33. The number of primary amides is 1. The number of anilines is 1. The van der Waals surface area contributed by atoms with E-state index in [-0.39, 0.29) is 11.8 Å². The Labute approximate surface area is 246 Å². The maximum Gasteiger partial charge on any atom is 0.254 e. The number of aryl methyl sites for hydroxylation is 1. The summed E-state index contributed by atoms with van der Waals surface area (Å²) in [5.74, 6) is -0.561. The van der Waals surface area contributed by atoms with Gasteiger partial charge in [-0.2, -0.15) is 0 Å². The number of aromatic nitrogens is 4. The third-order valence-corrected chi connectivity index (χ3v) is 8.50. The third-order valence-electron chi connectivity index (χ3n) is 7.89. The summed E-state index contributed by atoms with van der Waals surface area (Å²) in [5, 5.41) is 11.1. The Bertz CT molecular complexity index is 1690. The molecule has 1 aromatic carbocycles. The molecule has 6 rings (SSSR count). The number of ether oxygens (including phenoxy) is 1. The van der Waals surface area contributed by atoms with E-state index in [0.717, 1.165) is 28.8 Å². The molecule has 214 valence electrons. The van der Waals surface area contributed by atoms with E-state index in [9.17, 15) is 14.4 Å². The Morgan fingerprint density at radius 3 is 2.43 bits per heavy atom. The molecule has 1 fully saturated rings. The molecule has 0 aliphatic carbocycles. The molecule has 0 bridgehead atoms. The molecular formula is C30H29N7O4S. The van der Waals surface area contributed by atoms with Crippen LogP contribution in [0.2, 0.25) is 0 Å². The van der Waals surface area contributed by atoms with E-state index in [2.05, 4.69) is 20.5 Å². The molecule has 2 atom stereocenters. The quantitative estimate of drug-likeness (QED) is 0.341. The van der Waals surface area contributed by atoms with Crippen LogP contribution in [0.3, 0.4) is 0 Å². The average molecular weight is 584 g/mol. The highest BCUT2D eigenvalue weighted by molar-refractivity contribution is 7.13. The molecule has 1 saturated heterocycles. The number of nitrogens with two attached hydrogens (primary N) is 1. The monoisotopic (exact) mass is 583 g/mol. The molecule has 2 aliphatic rings. The Kier molecular flexibility index (Phi) is 6.93. The molecular weight excluding hydrogens is 554 g/mol. The number of benzene rings is 1. The fourth-order valence-corrected chi connectivity index (χ4v) is 6.11. The molecule has 0 saturated carbocycles. The number of pyridine rings is 2. The van der Waals surface area contributed by atoms with Gasteiger partial charge in [0, 0.05) is 40.4 Å². The molecule has 0 spiro atoms. The van der Waals surface area contributed by atoms with Crippen molar-refractivity contribution >= 4 is 34.2 Å². The van der Waals surface area contributed by atoms with Crippen molar-refractivity contribution in [1.29, 1.82) is 0 Å². The molecule has 3 N–H and O–H groups in total.